The molecule has 2 amide bonds. The van der Waals surface area contributed by atoms with Gasteiger partial charge in [0.25, 0.3) is 5.91 Å². The summed E-state index contributed by atoms with van der Waals surface area (Å²) in [5.41, 5.74) is 3.53. The third-order valence-electron chi connectivity index (χ3n) is 4.68. The van der Waals surface area contributed by atoms with E-state index in [-0.39, 0.29) is 18.4 Å². The average molecular weight is 481 g/mol. The number of amides is 2. The second kappa shape index (κ2) is 11.3. The lowest BCUT2D eigenvalue weighted by Gasteiger charge is -2.11. The maximum atomic E-state index is 12.3. The summed E-state index contributed by atoms with van der Waals surface area (Å²) in [5.74, 6) is 0.266. The van der Waals surface area contributed by atoms with E-state index >= 15 is 0 Å². The van der Waals surface area contributed by atoms with Crippen molar-refractivity contribution < 1.29 is 14.3 Å². The number of anilines is 2. The topological polar surface area (TPSA) is 67.4 Å². The van der Waals surface area contributed by atoms with Crippen molar-refractivity contribution in [2.45, 2.75) is 26.2 Å². The lowest BCUT2D eigenvalue weighted by molar-refractivity contribution is -0.118. The predicted octanol–water partition coefficient (Wildman–Crippen LogP) is 5.60. The zero-order valence-electron chi connectivity index (χ0n) is 17.4. The number of hydrogen-bond donors (Lipinski definition) is 2. The monoisotopic (exact) mass is 480 g/mol. The van der Waals surface area contributed by atoms with Crippen molar-refractivity contribution in [2.75, 3.05) is 17.2 Å². The highest BCUT2D eigenvalue weighted by Crippen LogP contribution is 2.26. The summed E-state index contributed by atoms with van der Waals surface area (Å²) in [6, 6.07) is 22.8. The van der Waals surface area contributed by atoms with Gasteiger partial charge in [-0.1, -0.05) is 49.4 Å². The highest BCUT2D eigenvalue weighted by molar-refractivity contribution is 9.10. The molecule has 160 valence electrons. The van der Waals surface area contributed by atoms with Gasteiger partial charge in [0.15, 0.2) is 6.61 Å². The molecule has 31 heavy (non-hydrogen) atoms. The number of carbonyl (C=O) groups excluding carboxylic acids is 2. The molecule has 0 spiro atoms. The second-order valence-electron chi connectivity index (χ2n) is 7.07. The van der Waals surface area contributed by atoms with Crippen LogP contribution in [0.5, 0.6) is 5.75 Å². The molecule has 3 rings (SSSR count). The van der Waals surface area contributed by atoms with Gasteiger partial charge in [0.05, 0.1) is 4.47 Å². The molecule has 0 unspecified atom stereocenters. The minimum absolute atomic E-state index is 0.0731. The molecule has 0 aliphatic heterocycles. The molecule has 0 fully saturated rings. The Morgan fingerprint density at radius 3 is 2.23 bits per heavy atom. The highest BCUT2D eigenvalue weighted by Gasteiger charge is 2.08. The number of aryl methyl sites for hydroxylation is 2. The van der Waals surface area contributed by atoms with Gasteiger partial charge in [0.2, 0.25) is 5.91 Å². The van der Waals surface area contributed by atoms with Crippen LogP contribution in [0.15, 0.2) is 77.3 Å². The number of carbonyl (C=O) groups is 2. The molecule has 0 aromatic heterocycles. The normalized spacial score (nSPS) is 10.4. The number of ether oxygens (including phenoxy) is 1. The molecule has 0 radical (unpaired) electrons. The molecule has 0 bridgehead atoms. The van der Waals surface area contributed by atoms with E-state index in [1.54, 1.807) is 24.3 Å². The van der Waals surface area contributed by atoms with Gasteiger partial charge in [0, 0.05) is 17.8 Å². The molecule has 5 nitrogen and oxygen atoms in total. The van der Waals surface area contributed by atoms with Crippen molar-refractivity contribution >= 4 is 39.1 Å². The zero-order valence-corrected chi connectivity index (χ0v) is 18.9. The minimum atomic E-state index is -0.279. The first-order chi connectivity index (χ1) is 15.0. The number of rotatable bonds is 9. The van der Waals surface area contributed by atoms with Gasteiger partial charge in [-0.05, 0) is 70.2 Å². The Labute approximate surface area is 191 Å². The maximum absolute atomic E-state index is 12.3. The van der Waals surface area contributed by atoms with Crippen molar-refractivity contribution in [2.24, 2.45) is 0 Å². The lowest BCUT2D eigenvalue weighted by atomic mass is 10.1. The van der Waals surface area contributed by atoms with Crippen LogP contribution in [0.1, 0.15) is 24.5 Å². The molecular weight excluding hydrogens is 456 g/mol. The Bertz CT molecular complexity index is 1040. The van der Waals surface area contributed by atoms with Gasteiger partial charge in [-0.3, -0.25) is 9.59 Å². The van der Waals surface area contributed by atoms with Gasteiger partial charge >= 0.3 is 0 Å². The van der Waals surface area contributed by atoms with Crippen LogP contribution in [-0.4, -0.2) is 18.4 Å². The van der Waals surface area contributed by atoms with Crippen LogP contribution in [-0.2, 0) is 22.4 Å². The van der Waals surface area contributed by atoms with Gasteiger partial charge < -0.3 is 15.4 Å². The zero-order chi connectivity index (χ0) is 22.1. The Balaban J connectivity index is 1.49. The number of halogens is 1. The Morgan fingerprint density at radius 1 is 0.839 bits per heavy atom. The molecular formula is C25H25BrN2O3. The summed E-state index contributed by atoms with van der Waals surface area (Å²) in [6.07, 6.45) is 1.99. The average Bonchev–Trinajstić information content (AvgIpc) is 2.77. The summed E-state index contributed by atoms with van der Waals surface area (Å²) < 4.78 is 6.43. The summed E-state index contributed by atoms with van der Waals surface area (Å²) in [4.78, 5) is 24.5. The van der Waals surface area contributed by atoms with Gasteiger partial charge in [-0.2, -0.15) is 0 Å². The van der Waals surface area contributed by atoms with Crippen LogP contribution in [0, 0.1) is 0 Å². The van der Waals surface area contributed by atoms with E-state index in [0.29, 0.717) is 30.0 Å². The fourth-order valence-electron chi connectivity index (χ4n) is 3.02. The number of benzene rings is 3. The van der Waals surface area contributed by atoms with E-state index in [0.717, 1.165) is 16.5 Å². The van der Waals surface area contributed by atoms with E-state index in [2.05, 4.69) is 33.5 Å². The number of nitrogens with one attached hydrogen (secondary N) is 2. The van der Waals surface area contributed by atoms with Gasteiger partial charge in [0.1, 0.15) is 5.75 Å². The fraction of sp³-hybridized carbons (Fsp3) is 0.200. The first-order valence-electron chi connectivity index (χ1n) is 10.2. The smallest absolute Gasteiger partial charge is 0.262 e. The van der Waals surface area contributed by atoms with E-state index in [1.807, 2.05) is 48.5 Å². The summed E-state index contributed by atoms with van der Waals surface area (Å²) in [7, 11) is 0. The van der Waals surface area contributed by atoms with Crippen LogP contribution in [0.4, 0.5) is 11.4 Å². The van der Waals surface area contributed by atoms with E-state index in [4.69, 9.17) is 4.74 Å². The van der Waals surface area contributed by atoms with Gasteiger partial charge in [-0.15, -0.1) is 0 Å². The van der Waals surface area contributed by atoms with E-state index in [9.17, 15) is 9.59 Å². The molecule has 3 aromatic carbocycles. The summed E-state index contributed by atoms with van der Waals surface area (Å²) >= 11 is 3.47. The molecule has 6 heteroatoms. The van der Waals surface area contributed by atoms with Crippen LogP contribution >= 0.6 is 15.9 Å². The summed E-state index contributed by atoms with van der Waals surface area (Å²) in [6.45, 7) is 1.97. The van der Waals surface area contributed by atoms with Crippen molar-refractivity contribution in [3.8, 4) is 5.75 Å². The summed E-state index contributed by atoms with van der Waals surface area (Å²) in [5, 5.41) is 5.67. The van der Waals surface area contributed by atoms with Crippen LogP contribution < -0.4 is 15.4 Å². The van der Waals surface area contributed by atoms with Crippen molar-refractivity contribution in [1.29, 1.82) is 0 Å². The Kier molecular flexibility index (Phi) is 8.24. The molecule has 0 aliphatic carbocycles. The standard InChI is InChI=1S/C25H25BrN2O3/c1-2-18-11-13-23(22(26)15-18)31-17-25(30)28-21-10-6-9-20(16-21)27-24(29)14-12-19-7-4-3-5-8-19/h3-11,13,15-16H,2,12,14,17H2,1H3,(H,27,29)(H,28,30). The third-order valence-corrected chi connectivity index (χ3v) is 5.30. The minimum Gasteiger partial charge on any atom is -0.483 e. The second-order valence-corrected chi connectivity index (χ2v) is 7.92. The van der Waals surface area contributed by atoms with Gasteiger partial charge in [-0.25, -0.2) is 0 Å². The predicted molar refractivity (Wildman–Crippen MR) is 127 cm³/mol. The van der Waals surface area contributed by atoms with Crippen molar-refractivity contribution in [1.82, 2.24) is 0 Å². The van der Waals surface area contributed by atoms with Crippen LogP contribution in [0.2, 0.25) is 0 Å². The quantitative estimate of drug-likeness (QED) is 0.418. The molecule has 2 N–H and O–H groups in total. The Hall–Kier alpha value is -3.12. The molecule has 0 aliphatic rings. The third kappa shape index (κ3) is 7.26. The SMILES string of the molecule is CCc1ccc(OCC(=O)Nc2cccc(NC(=O)CCc3ccccc3)c2)c(Br)c1. The Morgan fingerprint density at radius 2 is 1.55 bits per heavy atom. The number of hydrogen-bond acceptors (Lipinski definition) is 3. The fourth-order valence-corrected chi connectivity index (χ4v) is 3.56. The first-order valence-corrected chi connectivity index (χ1v) is 11.0. The van der Waals surface area contributed by atoms with E-state index < -0.39 is 0 Å². The molecule has 3 aromatic rings. The maximum Gasteiger partial charge on any atom is 0.262 e. The molecule has 0 atom stereocenters. The highest BCUT2D eigenvalue weighted by atomic mass is 79.9. The van der Waals surface area contributed by atoms with E-state index in [1.165, 1.54) is 5.56 Å². The molecule has 0 heterocycles. The largest absolute Gasteiger partial charge is 0.483 e. The first kappa shape index (κ1) is 22.6. The molecule has 0 saturated carbocycles. The van der Waals surface area contributed by atoms with Crippen LogP contribution in [0.25, 0.3) is 0 Å². The molecule has 0 saturated heterocycles. The van der Waals surface area contributed by atoms with Crippen molar-refractivity contribution in [3.63, 3.8) is 0 Å². The van der Waals surface area contributed by atoms with Crippen LogP contribution in [0.3, 0.4) is 0 Å². The lowest BCUT2D eigenvalue weighted by Crippen LogP contribution is -2.20. The van der Waals surface area contributed by atoms with Crippen molar-refractivity contribution in [3.05, 3.63) is 88.4 Å².